The summed E-state index contributed by atoms with van der Waals surface area (Å²) < 4.78 is 0. The van der Waals surface area contributed by atoms with Gasteiger partial charge in [-0.3, -0.25) is 0 Å². The van der Waals surface area contributed by atoms with Gasteiger partial charge in [-0.25, -0.2) is 0 Å². The monoisotopic (exact) mass is 112 g/mol. The molecule has 46 valence electrons. The average molecular weight is 112 g/mol. The third-order valence-corrected chi connectivity index (χ3v) is 1.70. The summed E-state index contributed by atoms with van der Waals surface area (Å²) in [7, 11) is 2.08. The van der Waals surface area contributed by atoms with Crippen LogP contribution in [0.15, 0.2) is 11.4 Å². The van der Waals surface area contributed by atoms with Crippen LogP contribution in [0.5, 0.6) is 0 Å². The highest BCUT2D eigenvalue weighted by Crippen LogP contribution is 2.09. The second-order valence-corrected chi connectivity index (χ2v) is 2.24. The van der Waals surface area contributed by atoms with E-state index in [4.69, 9.17) is 0 Å². The van der Waals surface area contributed by atoms with E-state index in [2.05, 4.69) is 31.1 Å². The number of nitrogens with one attached hydrogen (secondary N) is 1. The van der Waals surface area contributed by atoms with E-state index in [0.29, 0.717) is 0 Å². The molecule has 0 spiro atoms. The summed E-state index contributed by atoms with van der Waals surface area (Å²) in [6.45, 7) is 5.19. The molecule has 0 aromatic carbocycles. The van der Waals surface area contributed by atoms with Gasteiger partial charge in [0.25, 0.3) is 0 Å². The molecule has 0 atom stereocenters. The molecule has 2 nitrogen and oxygen atoms in total. The molecule has 0 aromatic heterocycles. The lowest BCUT2D eigenvalue weighted by Crippen LogP contribution is -2.17. The first-order valence-electron chi connectivity index (χ1n) is 2.84. The summed E-state index contributed by atoms with van der Waals surface area (Å²) in [6.07, 6.45) is 0. The van der Waals surface area contributed by atoms with Crippen LogP contribution < -0.4 is 5.32 Å². The zero-order chi connectivity index (χ0) is 6.15. The van der Waals surface area contributed by atoms with Crippen LogP contribution in [0.2, 0.25) is 0 Å². The molecule has 1 aliphatic heterocycles. The van der Waals surface area contributed by atoms with Gasteiger partial charge in [0, 0.05) is 18.4 Å². The smallest absolute Gasteiger partial charge is 0.0868 e. The molecule has 0 fully saturated rings. The number of allylic oxidation sites excluding steroid dienone is 2. The SMILES string of the molecule is CC1=C(C)N(C)CN1. The van der Waals surface area contributed by atoms with E-state index in [1.165, 1.54) is 11.4 Å². The lowest BCUT2D eigenvalue weighted by atomic mass is 10.4. The highest BCUT2D eigenvalue weighted by Gasteiger charge is 2.08. The van der Waals surface area contributed by atoms with Crippen LogP contribution in [0.3, 0.4) is 0 Å². The zero-order valence-electron chi connectivity index (χ0n) is 5.65. The summed E-state index contributed by atoms with van der Waals surface area (Å²) in [6, 6.07) is 0. The highest BCUT2D eigenvalue weighted by molar-refractivity contribution is 5.10. The molecule has 1 aliphatic rings. The van der Waals surface area contributed by atoms with Crippen molar-refractivity contribution in [2.24, 2.45) is 0 Å². The van der Waals surface area contributed by atoms with Crippen molar-refractivity contribution in [3.8, 4) is 0 Å². The van der Waals surface area contributed by atoms with Gasteiger partial charge in [0.05, 0.1) is 6.67 Å². The first-order chi connectivity index (χ1) is 3.72. The van der Waals surface area contributed by atoms with Crippen molar-refractivity contribution >= 4 is 0 Å². The Balaban J connectivity index is 2.71. The fraction of sp³-hybridized carbons (Fsp3) is 0.667. The molecule has 1 N–H and O–H groups in total. The van der Waals surface area contributed by atoms with E-state index < -0.39 is 0 Å². The fourth-order valence-electron chi connectivity index (χ4n) is 0.770. The fourth-order valence-corrected chi connectivity index (χ4v) is 0.770. The lowest BCUT2D eigenvalue weighted by Gasteiger charge is -2.09. The maximum atomic E-state index is 3.22. The Morgan fingerprint density at radius 2 is 2.12 bits per heavy atom. The van der Waals surface area contributed by atoms with Crippen LogP contribution in [0, 0.1) is 0 Å². The maximum absolute atomic E-state index is 3.22. The molecular formula is C6H12N2. The van der Waals surface area contributed by atoms with Crippen LogP contribution in [-0.4, -0.2) is 18.6 Å². The highest BCUT2D eigenvalue weighted by atomic mass is 15.3. The summed E-state index contributed by atoms with van der Waals surface area (Å²) in [5.74, 6) is 0. The topological polar surface area (TPSA) is 15.3 Å². The molecule has 0 aromatic rings. The van der Waals surface area contributed by atoms with E-state index >= 15 is 0 Å². The molecule has 0 saturated heterocycles. The van der Waals surface area contributed by atoms with Gasteiger partial charge >= 0.3 is 0 Å². The van der Waals surface area contributed by atoms with Gasteiger partial charge < -0.3 is 10.2 Å². The van der Waals surface area contributed by atoms with Crippen molar-refractivity contribution in [2.75, 3.05) is 13.7 Å². The molecular weight excluding hydrogens is 100 g/mol. The molecule has 1 rings (SSSR count). The van der Waals surface area contributed by atoms with Crippen molar-refractivity contribution in [1.82, 2.24) is 10.2 Å². The summed E-state index contributed by atoms with van der Waals surface area (Å²) in [5, 5.41) is 3.22. The Bertz CT molecular complexity index is 126. The second-order valence-electron chi connectivity index (χ2n) is 2.24. The molecule has 2 heteroatoms. The summed E-state index contributed by atoms with van der Waals surface area (Å²) >= 11 is 0. The minimum absolute atomic E-state index is 0.970. The van der Waals surface area contributed by atoms with E-state index in [1.54, 1.807) is 0 Å². The molecule has 0 amide bonds. The molecule has 0 unspecified atom stereocenters. The predicted octanol–water partition coefficient (Wildman–Crippen LogP) is 0.730. The van der Waals surface area contributed by atoms with E-state index in [1.807, 2.05) is 0 Å². The minimum Gasteiger partial charge on any atom is -0.370 e. The number of hydrogen-bond donors (Lipinski definition) is 1. The van der Waals surface area contributed by atoms with Gasteiger partial charge in [0.2, 0.25) is 0 Å². The van der Waals surface area contributed by atoms with E-state index in [0.717, 1.165) is 6.67 Å². The number of hydrogen-bond acceptors (Lipinski definition) is 2. The van der Waals surface area contributed by atoms with Gasteiger partial charge in [-0.05, 0) is 13.8 Å². The Kier molecular flexibility index (Phi) is 1.16. The number of nitrogens with zero attached hydrogens (tertiary/aromatic N) is 1. The van der Waals surface area contributed by atoms with E-state index in [9.17, 15) is 0 Å². The van der Waals surface area contributed by atoms with Gasteiger partial charge in [0.1, 0.15) is 0 Å². The third kappa shape index (κ3) is 0.661. The van der Waals surface area contributed by atoms with Crippen LogP contribution >= 0.6 is 0 Å². The Morgan fingerprint density at radius 1 is 1.50 bits per heavy atom. The average Bonchev–Trinajstić information content (AvgIpc) is 1.98. The van der Waals surface area contributed by atoms with Gasteiger partial charge in [-0.1, -0.05) is 0 Å². The largest absolute Gasteiger partial charge is 0.370 e. The van der Waals surface area contributed by atoms with Gasteiger partial charge in [-0.15, -0.1) is 0 Å². The lowest BCUT2D eigenvalue weighted by molar-refractivity contribution is 0.442. The first-order valence-corrected chi connectivity index (χ1v) is 2.84. The molecule has 8 heavy (non-hydrogen) atoms. The van der Waals surface area contributed by atoms with Crippen molar-refractivity contribution in [3.63, 3.8) is 0 Å². The quantitative estimate of drug-likeness (QED) is 0.497. The third-order valence-electron chi connectivity index (χ3n) is 1.70. The van der Waals surface area contributed by atoms with Crippen LogP contribution in [0.1, 0.15) is 13.8 Å². The molecule has 0 bridgehead atoms. The molecule has 0 saturated carbocycles. The number of rotatable bonds is 0. The molecule has 0 radical (unpaired) electrons. The van der Waals surface area contributed by atoms with Crippen LogP contribution in [0.25, 0.3) is 0 Å². The van der Waals surface area contributed by atoms with Gasteiger partial charge in [-0.2, -0.15) is 0 Å². The molecule has 1 heterocycles. The second kappa shape index (κ2) is 1.69. The van der Waals surface area contributed by atoms with Crippen molar-refractivity contribution in [2.45, 2.75) is 13.8 Å². The first kappa shape index (κ1) is 5.48. The standard InChI is InChI=1S/C6H12N2/c1-5-6(2)8(3)4-7-5/h7H,4H2,1-3H3. The Labute approximate surface area is 50.2 Å². The summed E-state index contributed by atoms with van der Waals surface area (Å²) in [4.78, 5) is 2.19. The normalized spacial score (nSPS) is 19.6. The van der Waals surface area contributed by atoms with Crippen LogP contribution in [-0.2, 0) is 0 Å². The summed E-state index contributed by atoms with van der Waals surface area (Å²) in [5.41, 5.74) is 2.65. The minimum atomic E-state index is 0.970. The van der Waals surface area contributed by atoms with Gasteiger partial charge in [0.15, 0.2) is 0 Å². The zero-order valence-corrected chi connectivity index (χ0v) is 5.65. The molecule has 0 aliphatic carbocycles. The van der Waals surface area contributed by atoms with Crippen LogP contribution in [0.4, 0.5) is 0 Å². The van der Waals surface area contributed by atoms with Crippen molar-refractivity contribution in [1.29, 1.82) is 0 Å². The Hall–Kier alpha value is -0.660. The predicted molar refractivity (Wildman–Crippen MR) is 34.1 cm³/mol. The maximum Gasteiger partial charge on any atom is 0.0868 e. The van der Waals surface area contributed by atoms with Crippen molar-refractivity contribution in [3.05, 3.63) is 11.4 Å². The van der Waals surface area contributed by atoms with E-state index in [-0.39, 0.29) is 0 Å². The Morgan fingerprint density at radius 3 is 2.25 bits per heavy atom. The van der Waals surface area contributed by atoms with Crippen molar-refractivity contribution < 1.29 is 0 Å².